The summed E-state index contributed by atoms with van der Waals surface area (Å²) in [5, 5.41) is 3.61. The smallest absolute Gasteiger partial charge is 0.251 e. The Kier molecular flexibility index (Phi) is 4.44. The van der Waals surface area contributed by atoms with Crippen molar-refractivity contribution in [2.24, 2.45) is 0 Å². The minimum Gasteiger partial charge on any atom is -0.352 e. The number of aromatic nitrogens is 1. The highest BCUT2D eigenvalue weighted by atomic mass is 32.1. The molecular weight excluding hydrogens is 282 g/mol. The highest BCUT2D eigenvalue weighted by molar-refractivity contribution is 7.11. The molecule has 1 amide bonds. The van der Waals surface area contributed by atoms with Crippen LogP contribution in [0.1, 0.15) is 25.9 Å². The molecule has 1 aromatic heterocycles. The third kappa shape index (κ3) is 3.39. The van der Waals surface area contributed by atoms with Crippen LogP contribution in [0.15, 0.2) is 18.2 Å². The summed E-state index contributed by atoms with van der Waals surface area (Å²) in [4.78, 5) is 17.3. The van der Waals surface area contributed by atoms with Gasteiger partial charge in [-0.25, -0.2) is 13.8 Å². The lowest BCUT2D eigenvalue weighted by molar-refractivity contribution is 0.0953. The Balaban J connectivity index is 1.90. The maximum atomic E-state index is 13.0. The summed E-state index contributed by atoms with van der Waals surface area (Å²) in [6.07, 6.45) is 0.620. The number of amides is 1. The minimum atomic E-state index is -1.02. The van der Waals surface area contributed by atoms with Crippen molar-refractivity contribution in [2.75, 3.05) is 6.54 Å². The molecule has 0 aliphatic heterocycles. The van der Waals surface area contributed by atoms with E-state index in [1.54, 1.807) is 11.3 Å². The predicted octanol–water partition coefficient (Wildman–Crippen LogP) is 3.01. The molecule has 2 aromatic rings. The number of nitrogens with zero attached hydrogens (tertiary/aromatic N) is 1. The van der Waals surface area contributed by atoms with Crippen LogP contribution in [0.2, 0.25) is 0 Å². The second-order valence-corrected chi connectivity index (χ2v) is 5.67. The molecule has 0 unspecified atom stereocenters. The average Bonchev–Trinajstić information content (AvgIpc) is 2.72. The number of carbonyl (C=O) groups is 1. The van der Waals surface area contributed by atoms with Gasteiger partial charge < -0.3 is 5.32 Å². The lowest BCUT2D eigenvalue weighted by Crippen LogP contribution is -2.25. The fourth-order valence-corrected chi connectivity index (χ4v) is 2.60. The van der Waals surface area contributed by atoms with Crippen molar-refractivity contribution in [2.45, 2.75) is 20.3 Å². The van der Waals surface area contributed by atoms with Crippen LogP contribution < -0.4 is 5.32 Å². The summed E-state index contributed by atoms with van der Waals surface area (Å²) in [5.74, 6) is -2.41. The molecule has 0 atom stereocenters. The van der Waals surface area contributed by atoms with Crippen LogP contribution in [-0.4, -0.2) is 17.4 Å². The van der Waals surface area contributed by atoms with E-state index in [9.17, 15) is 13.6 Å². The molecule has 0 fully saturated rings. The molecule has 0 bridgehead atoms. The monoisotopic (exact) mass is 296 g/mol. The van der Waals surface area contributed by atoms with Crippen molar-refractivity contribution in [1.29, 1.82) is 0 Å². The third-order valence-electron chi connectivity index (χ3n) is 2.88. The highest BCUT2D eigenvalue weighted by Gasteiger charge is 2.10. The first-order chi connectivity index (χ1) is 9.47. The van der Waals surface area contributed by atoms with E-state index in [-0.39, 0.29) is 5.56 Å². The molecule has 20 heavy (non-hydrogen) atoms. The number of hydrogen-bond donors (Lipinski definition) is 1. The van der Waals surface area contributed by atoms with Gasteiger partial charge in [0, 0.05) is 23.4 Å². The summed E-state index contributed by atoms with van der Waals surface area (Å²) in [7, 11) is 0. The van der Waals surface area contributed by atoms with Gasteiger partial charge in [-0.15, -0.1) is 11.3 Å². The SMILES string of the molecule is Cc1nc(CCNC(=O)c2ccc(F)c(F)c2)sc1C. The number of benzene rings is 1. The molecule has 3 nitrogen and oxygen atoms in total. The Bertz CT molecular complexity index is 621. The number of thiazole rings is 1. The van der Waals surface area contributed by atoms with E-state index >= 15 is 0 Å². The molecule has 2 rings (SSSR count). The van der Waals surface area contributed by atoms with E-state index in [0.717, 1.165) is 27.7 Å². The van der Waals surface area contributed by atoms with Gasteiger partial charge in [-0.1, -0.05) is 0 Å². The normalized spacial score (nSPS) is 10.6. The van der Waals surface area contributed by atoms with Gasteiger partial charge in [0.25, 0.3) is 5.91 Å². The molecular formula is C14H14F2N2OS. The number of hydrogen-bond acceptors (Lipinski definition) is 3. The Morgan fingerprint density at radius 3 is 2.65 bits per heavy atom. The Morgan fingerprint density at radius 2 is 2.05 bits per heavy atom. The largest absolute Gasteiger partial charge is 0.352 e. The topological polar surface area (TPSA) is 42.0 Å². The summed E-state index contributed by atoms with van der Waals surface area (Å²) in [5.41, 5.74) is 1.10. The highest BCUT2D eigenvalue weighted by Crippen LogP contribution is 2.16. The van der Waals surface area contributed by atoms with E-state index < -0.39 is 17.5 Å². The third-order valence-corrected chi connectivity index (χ3v) is 4.01. The number of rotatable bonds is 4. The molecule has 0 aliphatic carbocycles. The van der Waals surface area contributed by atoms with Crippen molar-refractivity contribution in [3.05, 3.63) is 51.0 Å². The fourth-order valence-electron chi connectivity index (χ4n) is 1.67. The molecule has 0 saturated heterocycles. The number of halogens is 2. The summed E-state index contributed by atoms with van der Waals surface area (Å²) >= 11 is 1.59. The second-order valence-electron chi connectivity index (χ2n) is 4.38. The second kappa shape index (κ2) is 6.09. The number of aryl methyl sites for hydroxylation is 2. The molecule has 1 heterocycles. The van der Waals surface area contributed by atoms with Crippen molar-refractivity contribution >= 4 is 17.2 Å². The molecule has 106 valence electrons. The Labute approximate surface area is 119 Å². The molecule has 6 heteroatoms. The van der Waals surface area contributed by atoms with Crippen LogP contribution in [0.4, 0.5) is 8.78 Å². The van der Waals surface area contributed by atoms with Crippen molar-refractivity contribution in [3.63, 3.8) is 0 Å². The Morgan fingerprint density at radius 1 is 1.30 bits per heavy atom. The predicted molar refractivity (Wildman–Crippen MR) is 74.0 cm³/mol. The van der Waals surface area contributed by atoms with Crippen LogP contribution in [-0.2, 0) is 6.42 Å². The van der Waals surface area contributed by atoms with E-state index in [1.165, 1.54) is 6.07 Å². The maximum absolute atomic E-state index is 13.0. The van der Waals surface area contributed by atoms with Crippen LogP contribution in [0, 0.1) is 25.5 Å². The zero-order valence-electron chi connectivity index (χ0n) is 11.2. The van der Waals surface area contributed by atoms with Crippen LogP contribution in [0.25, 0.3) is 0 Å². The minimum absolute atomic E-state index is 0.107. The van der Waals surface area contributed by atoms with Gasteiger partial charge in [-0.05, 0) is 32.0 Å². The lowest BCUT2D eigenvalue weighted by Gasteiger charge is -2.04. The van der Waals surface area contributed by atoms with Crippen LogP contribution >= 0.6 is 11.3 Å². The van der Waals surface area contributed by atoms with Crippen molar-refractivity contribution in [1.82, 2.24) is 10.3 Å². The van der Waals surface area contributed by atoms with E-state index in [0.29, 0.717) is 13.0 Å². The van der Waals surface area contributed by atoms with Gasteiger partial charge in [0.05, 0.1) is 10.7 Å². The summed E-state index contributed by atoms with van der Waals surface area (Å²) in [6.45, 7) is 4.34. The quantitative estimate of drug-likeness (QED) is 0.942. The van der Waals surface area contributed by atoms with Gasteiger partial charge in [0.2, 0.25) is 0 Å². The summed E-state index contributed by atoms with van der Waals surface area (Å²) in [6, 6.07) is 3.09. The molecule has 0 spiro atoms. The van der Waals surface area contributed by atoms with Crippen LogP contribution in [0.3, 0.4) is 0 Å². The molecule has 1 N–H and O–H groups in total. The Hall–Kier alpha value is -1.82. The van der Waals surface area contributed by atoms with Crippen molar-refractivity contribution < 1.29 is 13.6 Å². The molecule has 0 aliphatic rings. The van der Waals surface area contributed by atoms with Crippen LogP contribution in [0.5, 0.6) is 0 Å². The first-order valence-electron chi connectivity index (χ1n) is 6.13. The van der Waals surface area contributed by atoms with Gasteiger partial charge >= 0.3 is 0 Å². The first-order valence-corrected chi connectivity index (χ1v) is 6.95. The lowest BCUT2D eigenvalue weighted by atomic mass is 10.2. The van der Waals surface area contributed by atoms with Gasteiger partial charge in [-0.3, -0.25) is 4.79 Å². The number of carbonyl (C=O) groups excluding carboxylic acids is 1. The van der Waals surface area contributed by atoms with E-state index in [2.05, 4.69) is 10.3 Å². The maximum Gasteiger partial charge on any atom is 0.251 e. The van der Waals surface area contributed by atoms with Gasteiger partial charge in [-0.2, -0.15) is 0 Å². The van der Waals surface area contributed by atoms with Gasteiger partial charge in [0.1, 0.15) is 0 Å². The molecule has 0 radical (unpaired) electrons. The standard InChI is InChI=1S/C14H14F2N2OS/c1-8-9(2)20-13(18-8)5-6-17-14(19)10-3-4-11(15)12(16)7-10/h3-4,7H,5-6H2,1-2H3,(H,17,19). The zero-order valence-corrected chi connectivity index (χ0v) is 12.0. The van der Waals surface area contributed by atoms with Gasteiger partial charge in [0.15, 0.2) is 11.6 Å². The zero-order chi connectivity index (χ0) is 14.7. The van der Waals surface area contributed by atoms with E-state index in [1.807, 2.05) is 13.8 Å². The number of nitrogens with one attached hydrogen (secondary N) is 1. The van der Waals surface area contributed by atoms with Crippen molar-refractivity contribution in [3.8, 4) is 0 Å². The summed E-state index contributed by atoms with van der Waals surface area (Å²) < 4.78 is 25.8. The molecule has 1 aromatic carbocycles. The first kappa shape index (κ1) is 14.6. The van der Waals surface area contributed by atoms with E-state index in [4.69, 9.17) is 0 Å². The average molecular weight is 296 g/mol. The molecule has 0 saturated carbocycles. The fraction of sp³-hybridized carbons (Fsp3) is 0.286.